The Morgan fingerprint density at radius 2 is 2.18 bits per heavy atom. The summed E-state index contributed by atoms with van der Waals surface area (Å²) >= 11 is 0. The van der Waals surface area contributed by atoms with E-state index in [1.165, 1.54) is 0 Å². The zero-order valence-electron chi connectivity index (χ0n) is 9.76. The molecule has 0 unspecified atom stereocenters. The van der Waals surface area contributed by atoms with Gasteiger partial charge in [0.25, 0.3) is 0 Å². The van der Waals surface area contributed by atoms with E-state index in [4.69, 9.17) is 9.52 Å². The topological polar surface area (TPSA) is 58.3 Å². The molecular weight excluding hydrogens is 216 g/mol. The first-order chi connectivity index (χ1) is 8.29. The highest BCUT2D eigenvalue weighted by Gasteiger charge is 2.06. The van der Waals surface area contributed by atoms with Gasteiger partial charge in [-0.3, -0.25) is 4.98 Å². The van der Waals surface area contributed by atoms with E-state index >= 15 is 0 Å². The van der Waals surface area contributed by atoms with Gasteiger partial charge in [0.05, 0.1) is 6.54 Å². The highest BCUT2D eigenvalue weighted by Crippen LogP contribution is 2.12. The molecule has 4 nitrogen and oxygen atoms in total. The fourth-order valence-corrected chi connectivity index (χ4v) is 1.61. The van der Waals surface area contributed by atoms with E-state index in [0.717, 1.165) is 11.3 Å². The van der Waals surface area contributed by atoms with Crippen molar-refractivity contribution in [1.29, 1.82) is 0 Å². The number of nitrogens with one attached hydrogen (secondary N) is 1. The van der Waals surface area contributed by atoms with Gasteiger partial charge in [0.15, 0.2) is 0 Å². The first-order valence-corrected chi connectivity index (χ1v) is 5.61. The van der Waals surface area contributed by atoms with Crippen LogP contribution in [0.3, 0.4) is 0 Å². The number of hydrogen-bond donors (Lipinski definition) is 2. The van der Waals surface area contributed by atoms with Crippen LogP contribution in [-0.4, -0.2) is 10.1 Å². The minimum atomic E-state index is -0.0574. The molecule has 90 valence electrons. The third kappa shape index (κ3) is 3.15. The van der Waals surface area contributed by atoms with Crippen molar-refractivity contribution in [1.82, 2.24) is 10.3 Å². The lowest BCUT2D eigenvalue weighted by Gasteiger charge is -2.12. The molecule has 0 radical (unpaired) electrons. The fraction of sp³-hybridized carbons (Fsp3) is 0.308. The van der Waals surface area contributed by atoms with Gasteiger partial charge in [0, 0.05) is 18.4 Å². The SMILES string of the molecule is C[C@@H](NCc1ccc(CO)o1)c1cccnc1. The third-order valence-corrected chi connectivity index (χ3v) is 2.64. The van der Waals surface area contributed by atoms with E-state index in [9.17, 15) is 0 Å². The molecule has 0 bridgehead atoms. The molecule has 1 atom stereocenters. The Labute approximate surface area is 100 Å². The van der Waals surface area contributed by atoms with E-state index < -0.39 is 0 Å². The summed E-state index contributed by atoms with van der Waals surface area (Å²) < 4.78 is 5.39. The zero-order valence-corrected chi connectivity index (χ0v) is 9.76. The van der Waals surface area contributed by atoms with Gasteiger partial charge >= 0.3 is 0 Å². The van der Waals surface area contributed by atoms with Crippen molar-refractivity contribution >= 4 is 0 Å². The molecule has 2 aromatic heterocycles. The van der Waals surface area contributed by atoms with Crippen LogP contribution in [0, 0.1) is 0 Å². The van der Waals surface area contributed by atoms with Crippen molar-refractivity contribution in [3.63, 3.8) is 0 Å². The van der Waals surface area contributed by atoms with Gasteiger partial charge in [0.2, 0.25) is 0 Å². The number of pyridine rings is 1. The Kier molecular flexibility index (Phi) is 3.90. The van der Waals surface area contributed by atoms with Gasteiger partial charge in [-0.15, -0.1) is 0 Å². The summed E-state index contributed by atoms with van der Waals surface area (Å²) in [5.74, 6) is 1.42. The van der Waals surface area contributed by atoms with Gasteiger partial charge < -0.3 is 14.8 Å². The molecule has 0 amide bonds. The molecular formula is C13H16N2O2. The van der Waals surface area contributed by atoms with Gasteiger partial charge in [0.1, 0.15) is 18.1 Å². The summed E-state index contributed by atoms with van der Waals surface area (Å²) in [5.41, 5.74) is 1.14. The van der Waals surface area contributed by atoms with E-state index in [1.807, 2.05) is 24.4 Å². The molecule has 2 heterocycles. The molecule has 2 N–H and O–H groups in total. The van der Waals surface area contributed by atoms with Crippen molar-refractivity contribution < 1.29 is 9.52 Å². The van der Waals surface area contributed by atoms with Crippen molar-refractivity contribution in [3.8, 4) is 0 Å². The second-order valence-electron chi connectivity index (χ2n) is 3.92. The molecule has 0 aliphatic carbocycles. The Morgan fingerprint density at radius 3 is 2.82 bits per heavy atom. The number of hydrogen-bond acceptors (Lipinski definition) is 4. The normalized spacial score (nSPS) is 12.6. The Balaban J connectivity index is 1.90. The molecule has 2 aromatic rings. The van der Waals surface area contributed by atoms with Crippen molar-refractivity contribution in [2.45, 2.75) is 26.1 Å². The van der Waals surface area contributed by atoms with Crippen LogP contribution in [0.5, 0.6) is 0 Å². The summed E-state index contributed by atoms with van der Waals surface area (Å²) in [6.07, 6.45) is 3.61. The van der Waals surface area contributed by atoms with Crippen LogP contribution < -0.4 is 5.32 Å². The van der Waals surface area contributed by atoms with Crippen LogP contribution >= 0.6 is 0 Å². The Morgan fingerprint density at radius 1 is 1.35 bits per heavy atom. The number of nitrogens with zero attached hydrogens (tertiary/aromatic N) is 1. The second-order valence-corrected chi connectivity index (χ2v) is 3.92. The van der Waals surface area contributed by atoms with Gasteiger partial charge in [-0.25, -0.2) is 0 Å². The maximum atomic E-state index is 8.88. The van der Waals surface area contributed by atoms with E-state index in [0.29, 0.717) is 12.3 Å². The monoisotopic (exact) mass is 232 g/mol. The lowest BCUT2D eigenvalue weighted by molar-refractivity contribution is 0.242. The number of aliphatic hydroxyl groups is 1. The second kappa shape index (κ2) is 5.61. The fourth-order valence-electron chi connectivity index (χ4n) is 1.61. The number of aromatic nitrogens is 1. The van der Waals surface area contributed by atoms with Crippen molar-refractivity contribution in [3.05, 3.63) is 53.7 Å². The molecule has 0 aliphatic heterocycles. The maximum Gasteiger partial charge on any atom is 0.129 e. The zero-order chi connectivity index (χ0) is 12.1. The van der Waals surface area contributed by atoms with Crippen LogP contribution in [0.1, 0.15) is 30.0 Å². The van der Waals surface area contributed by atoms with Crippen molar-refractivity contribution in [2.24, 2.45) is 0 Å². The molecule has 2 rings (SSSR count). The standard InChI is InChI=1S/C13H16N2O2/c1-10(11-3-2-6-14-7-11)15-8-12-4-5-13(9-16)17-12/h2-7,10,15-16H,8-9H2,1H3/t10-/m1/s1. The third-order valence-electron chi connectivity index (χ3n) is 2.64. The molecule has 0 saturated carbocycles. The predicted molar refractivity (Wildman–Crippen MR) is 64.1 cm³/mol. The lowest BCUT2D eigenvalue weighted by Crippen LogP contribution is -2.17. The minimum Gasteiger partial charge on any atom is -0.462 e. The quantitative estimate of drug-likeness (QED) is 0.828. The largest absolute Gasteiger partial charge is 0.462 e. The summed E-state index contributed by atoms with van der Waals surface area (Å²) in [6.45, 7) is 2.65. The van der Waals surface area contributed by atoms with Crippen LogP contribution in [-0.2, 0) is 13.2 Å². The first-order valence-electron chi connectivity index (χ1n) is 5.61. The molecule has 0 spiro atoms. The highest BCUT2D eigenvalue weighted by molar-refractivity contribution is 5.13. The van der Waals surface area contributed by atoms with Crippen LogP contribution in [0.15, 0.2) is 41.1 Å². The van der Waals surface area contributed by atoms with Gasteiger partial charge in [-0.05, 0) is 30.7 Å². The molecule has 0 aromatic carbocycles. The average molecular weight is 232 g/mol. The van der Waals surface area contributed by atoms with Crippen LogP contribution in [0.4, 0.5) is 0 Å². The summed E-state index contributed by atoms with van der Waals surface area (Å²) in [6, 6.07) is 7.82. The van der Waals surface area contributed by atoms with E-state index in [2.05, 4.69) is 17.2 Å². The van der Waals surface area contributed by atoms with Crippen LogP contribution in [0.25, 0.3) is 0 Å². The van der Waals surface area contributed by atoms with E-state index in [-0.39, 0.29) is 12.6 Å². The van der Waals surface area contributed by atoms with E-state index in [1.54, 1.807) is 12.3 Å². The smallest absolute Gasteiger partial charge is 0.129 e. The predicted octanol–water partition coefficient (Wildman–Crippen LogP) is 2.02. The number of furan rings is 1. The van der Waals surface area contributed by atoms with Gasteiger partial charge in [-0.2, -0.15) is 0 Å². The Bertz CT molecular complexity index is 453. The molecule has 4 heteroatoms. The highest BCUT2D eigenvalue weighted by atomic mass is 16.4. The summed E-state index contributed by atoms with van der Waals surface area (Å²) in [4.78, 5) is 4.08. The number of aliphatic hydroxyl groups excluding tert-OH is 1. The van der Waals surface area contributed by atoms with Gasteiger partial charge in [-0.1, -0.05) is 6.07 Å². The minimum absolute atomic E-state index is 0.0574. The lowest BCUT2D eigenvalue weighted by atomic mass is 10.1. The number of rotatable bonds is 5. The molecule has 0 aliphatic rings. The first kappa shape index (κ1) is 11.8. The summed E-state index contributed by atoms with van der Waals surface area (Å²) in [5, 5.41) is 12.2. The van der Waals surface area contributed by atoms with Crippen molar-refractivity contribution in [2.75, 3.05) is 0 Å². The maximum absolute atomic E-state index is 8.88. The average Bonchev–Trinajstić information content (AvgIpc) is 2.85. The summed E-state index contributed by atoms with van der Waals surface area (Å²) in [7, 11) is 0. The Hall–Kier alpha value is -1.65. The molecule has 0 saturated heterocycles. The van der Waals surface area contributed by atoms with Crippen LogP contribution in [0.2, 0.25) is 0 Å². The molecule has 17 heavy (non-hydrogen) atoms. The molecule has 0 fully saturated rings.